The SMILES string of the molecule is COC(=O)[C@H]1CCCN(C(=O)C2CCCCC2(C)C)C1. The molecule has 4 heteroatoms. The van der Waals surface area contributed by atoms with Crippen molar-refractivity contribution in [1.29, 1.82) is 0 Å². The normalized spacial score (nSPS) is 29.9. The molecule has 2 rings (SSSR count). The minimum absolute atomic E-state index is 0.0908. The number of hydrogen-bond donors (Lipinski definition) is 0. The van der Waals surface area contributed by atoms with Crippen LogP contribution in [0.3, 0.4) is 0 Å². The number of esters is 1. The van der Waals surface area contributed by atoms with Crippen LogP contribution in [0.5, 0.6) is 0 Å². The molecule has 0 bridgehead atoms. The topological polar surface area (TPSA) is 46.6 Å². The largest absolute Gasteiger partial charge is 0.469 e. The molecule has 1 unspecified atom stereocenters. The standard InChI is InChI=1S/C16H27NO3/c1-16(2)9-5-4-8-13(16)14(18)17-10-6-7-12(11-17)15(19)20-3/h12-13H,4-11H2,1-3H3/t12-,13?/m0/s1. The molecule has 1 aliphatic carbocycles. The van der Waals surface area contributed by atoms with Gasteiger partial charge in [-0.25, -0.2) is 0 Å². The smallest absolute Gasteiger partial charge is 0.310 e. The zero-order valence-electron chi connectivity index (χ0n) is 13.0. The average Bonchev–Trinajstić information content (AvgIpc) is 2.45. The molecule has 4 nitrogen and oxygen atoms in total. The van der Waals surface area contributed by atoms with Gasteiger partial charge in [0.15, 0.2) is 0 Å². The quantitative estimate of drug-likeness (QED) is 0.731. The van der Waals surface area contributed by atoms with E-state index in [4.69, 9.17) is 4.74 Å². The van der Waals surface area contributed by atoms with Crippen LogP contribution in [0, 0.1) is 17.3 Å². The fraction of sp³-hybridized carbons (Fsp3) is 0.875. The van der Waals surface area contributed by atoms with Crippen LogP contribution in [-0.2, 0) is 14.3 Å². The van der Waals surface area contributed by atoms with E-state index < -0.39 is 0 Å². The van der Waals surface area contributed by atoms with Crippen LogP contribution < -0.4 is 0 Å². The van der Waals surface area contributed by atoms with Crippen molar-refractivity contribution in [2.24, 2.45) is 17.3 Å². The third kappa shape index (κ3) is 3.15. The van der Waals surface area contributed by atoms with Gasteiger partial charge >= 0.3 is 5.97 Å². The van der Waals surface area contributed by atoms with Gasteiger partial charge in [0.2, 0.25) is 5.91 Å². The first-order valence-corrected chi connectivity index (χ1v) is 7.82. The first-order valence-electron chi connectivity index (χ1n) is 7.82. The van der Waals surface area contributed by atoms with Crippen LogP contribution in [-0.4, -0.2) is 37.0 Å². The number of ether oxygens (including phenoxy) is 1. The van der Waals surface area contributed by atoms with Gasteiger partial charge in [0.1, 0.15) is 0 Å². The van der Waals surface area contributed by atoms with Gasteiger partial charge in [-0.15, -0.1) is 0 Å². The molecule has 2 atom stereocenters. The van der Waals surface area contributed by atoms with Gasteiger partial charge in [-0.1, -0.05) is 26.7 Å². The lowest BCUT2D eigenvalue weighted by molar-refractivity contribution is -0.151. The molecule has 0 radical (unpaired) electrons. The first kappa shape index (κ1) is 15.3. The lowest BCUT2D eigenvalue weighted by Crippen LogP contribution is -2.48. The number of carbonyl (C=O) groups excluding carboxylic acids is 2. The Kier molecular flexibility index (Phi) is 4.71. The van der Waals surface area contributed by atoms with E-state index >= 15 is 0 Å². The zero-order chi connectivity index (χ0) is 14.8. The van der Waals surface area contributed by atoms with E-state index in [1.807, 2.05) is 4.90 Å². The molecule has 114 valence electrons. The van der Waals surface area contributed by atoms with Crippen LogP contribution in [0.15, 0.2) is 0 Å². The number of hydrogen-bond acceptors (Lipinski definition) is 3. The lowest BCUT2D eigenvalue weighted by Gasteiger charge is -2.42. The number of likely N-dealkylation sites (tertiary alicyclic amines) is 1. The van der Waals surface area contributed by atoms with Crippen LogP contribution >= 0.6 is 0 Å². The summed E-state index contributed by atoms with van der Waals surface area (Å²) in [4.78, 5) is 26.4. The second-order valence-corrected chi connectivity index (χ2v) is 6.93. The Hall–Kier alpha value is -1.06. The highest BCUT2D eigenvalue weighted by molar-refractivity contribution is 5.81. The Bertz CT molecular complexity index is 378. The van der Waals surface area contributed by atoms with Crippen molar-refractivity contribution in [3.63, 3.8) is 0 Å². The third-order valence-electron chi connectivity index (χ3n) is 5.07. The van der Waals surface area contributed by atoms with E-state index in [1.54, 1.807) is 0 Å². The second kappa shape index (κ2) is 6.15. The molecule has 1 saturated heterocycles. The van der Waals surface area contributed by atoms with E-state index in [-0.39, 0.29) is 29.1 Å². The van der Waals surface area contributed by atoms with Crippen molar-refractivity contribution in [3.8, 4) is 0 Å². The predicted molar refractivity (Wildman–Crippen MR) is 77.1 cm³/mol. The summed E-state index contributed by atoms with van der Waals surface area (Å²) in [5, 5.41) is 0. The molecule has 0 aromatic rings. The van der Waals surface area contributed by atoms with Gasteiger partial charge in [-0.2, -0.15) is 0 Å². The van der Waals surface area contributed by atoms with Crippen molar-refractivity contribution >= 4 is 11.9 Å². The maximum Gasteiger partial charge on any atom is 0.310 e. The van der Waals surface area contributed by atoms with Crippen molar-refractivity contribution in [2.45, 2.75) is 52.4 Å². The van der Waals surface area contributed by atoms with Crippen molar-refractivity contribution in [3.05, 3.63) is 0 Å². The van der Waals surface area contributed by atoms with Gasteiger partial charge in [-0.05, 0) is 31.1 Å². The lowest BCUT2D eigenvalue weighted by atomic mass is 9.68. The van der Waals surface area contributed by atoms with Crippen LogP contribution in [0.25, 0.3) is 0 Å². The minimum Gasteiger partial charge on any atom is -0.469 e. The fourth-order valence-corrected chi connectivity index (χ4v) is 3.71. The summed E-state index contributed by atoms with van der Waals surface area (Å²) in [5.41, 5.74) is 0.0908. The highest BCUT2D eigenvalue weighted by Crippen LogP contribution is 2.41. The van der Waals surface area contributed by atoms with Gasteiger partial charge < -0.3 is 9.64 Å². The van der Waals surface area contributed by atoms with E-state index in [9.17, 15) is 9.59 Å². The van der Waals surface area contributed by atoms with E-state index in [2.05, 4.69) is 13.8 Å². The molecule has 1 heterocycles. The Morgan fingerprint density at radius 1 is 1.15 bits per heavy atom. The number of piperidine rings is 1. The van der Waals surface area contributed by atoms with E-state index in [0.29, 0.717) is 6.54 Å². The number of nitrogens with zero attached hydrogens (tertiary/aromatic N) is 1. The first-order chi connectivity index (χ1) is 9.45. The monoisotopic (exact) mass is 281 g/mol. The van der Waals surface area contributed by atoms with Crippen molar-refractivity contribution in [1.82, 2.24) is 4.90 Å². The number of methoxy groups -OCH3 is 1. The summed E-state index contributed by atoms with van der Waals surface area (Å²) in [7, 11) is 1.42. The number of carbonyl (C=O) groups is 2. The fourth-order valence-electron chi connectivity index (χ4n) is 3.71. The molecular weight excluding hydrogens is 254 g/mol. The minimum atomic E-state index is -0.176. The van der Waals surface area contributed by atoms with Crippen LogP contribution in [0.2, 0.25) is 0 Å². The molecule has 1 saturated carbocycles. The van der Waals surface area contributed by atoms with Crippen molar-refractivity contribution in [2.75, 3.05) is 20.2 Å². The summed E-state index contributed by atoms with van der Waals surface area (Å²) in [6.45, 7) is 5.74. The summed E-state index contributed by atoms with van der Waals surface area (Å²) in [6.07, 6.45) is 6.22. The molecule has 2 aliphatic rings. The summed E-state index contributed by atoms with van der Waals surface area (Å²) in [6, 6.07) is 0. The van der Waals surface area contributed by atoms with Gasteiger partial charge in [0, 0.05) is 19.0 Å². The summed E-state index contributed by atoms with van der Waals surface area (Å²) >= 11 is 0. The second-order valence-electron chi connectivity index (χ2n) is 6.93. The van der Waals surface area contributed by atoms with E-state index in [0.717, 1.165) is 38.6 Å². The van der Waals surface area contributed by atoms with Gasteiger partial charge in [0.05, 0.1) is 13.0 Å². The molecule has 1 amide bonds. The predicted octanol–water partition coefficient (Wildman–Crippen LogP) is 2.61. The Labute approximate surface area is 121 Å². The van der Waals surface area contributed by atoms with Crippen LogP contribution in [0.4, 0.5) is 0 Å². The number of rotatable bonds is 2. The van der Waals surface area contributed by atoms with E-state index in [1.165, 1.54) is 13.5 Å². The van der Waals surface area contributed by atoms with Crippen molar-refractivity contribution < 1.29 is 14.3 Å². The Morgan fingerprint density at radius 2 is 1.90 bits per heavy atom. The molecule has 20 heavy (non-hydrogen) atoms. The molecule has 1 aliphatic heterocycles. The maximum absolute atomic E-state index is 12.8. The Balaban J connectivity index is 2.03. The highest BCUT2D eigenvalue weighted by Gasteiger charge is 2.40. The maximum atomic E-state index is 12.8. The Morgan fingerprint density at radius 3 is 2.55 bits per heavy atom. The van der Waals surface area contributed by atoms with Gasteiger partial charge in [0.25, 0.3) is 0 Å². The molecule has 0 aromatic heterocycles. The molecular formula is C16H27NO3. The third-order valence-corrected chi connectivity index (χ3v) is 5.07. The summed E-state index contributed by atoms with van der Waals surface area (Å²) in [5.74, 6) is 0.0609. The number of amides is 1. The molecule has 0 N–H and O–H groups in total. The molecule has 0 spiro atoms. The highest BCUT2D eigenvalue weighted by atomic mass is 16.5. The van der Waals surface area contributed by atoms with Gasteiger partial charge in [-0.3, -0.25) is 9.59 Å². The average molecular weight is 281 g/mol. The molecule has 0 aromatic carbocycles. The van der Waals surface area contributed by atoms with Crippen LogP contribution in [0.1, 0.15) is 52.4 Å². The summed E-state index contributed by atoms with van der Waals surface area (Å²) < 4.78 is 4.83. The zero-order valence-corrected chi connectivity index (χ0v) is 13.0. The molecule has 2 fully saturated rings.